The number of hydrogen-bond donors (Lipinski definition) is 0. The summed E-state index contributed by atoms with van der Waals surface area (Å²) in [5.74, 6) is 0. The second-order valence-corrected chi connectivity index (χ2v) is 0.671. The van der Waals surface area contributed by atoms with Crippen molar-refractivity contribution in [3.05, 3.63) is 0 Å². The van der Waals surface area contributed by atoms with Gasteiger partial charge in [-0.2, -0.15) is 0 Å². The van der Waals surface area contributed by atoms with Crippen LogP contribution < -0.4 is 14.7 Å². The molecule has 0 atom stereocenters. The van der Waals surface area contributed by atoms with E-state index in [0.29, 0.717) is 0 Å². The Kier molecular flexibility index (Phi) is 11.1. The summed E-state index contributed by atoms with van der Waals surface area (Å²) >= 11 is 0. The smallest absolute Gasteiger partial charge is 0 e. The quantitative estimate of drug-likeness (QED) is 0.420. The molecule has 0 aromatic rings. The van der Waals surface area contributed by atoms with Crippen molar-refractivity contribution in [1.29, 1.82) is 0 Å². The summed E-state index contributed by atoms with van der Waals surface area (Å²) in [7, 11) is -3.37. The maximum absolute atomic E-state index is 8.48. The van der Waals surface area contributed by atoms with Crippen molar-refractivity contribution in [2.75, 3.05) is 0 Å². The third kappa shape index (κ3) is 27.7. The van der Waals surface area contributed by atoms with Crippen LogP contribution in [0.15, 0.2) is 0 Å². The van der Waals surface area contributed by atoms with Crippen LogP contribution in [-0.4, -0.2) is 0 Å². The molecule has 1 radical (unpaired) electrons. The molecule has 5 heteroatoms. The molecule has 0 aromatic carbocycles. The monoisotopic (exact) mass is 224 g/mol. The molecule has 31 valence electrons. The van der Waals surface area contributed by atoms with E-state index in [0.717, 1.165) is 0 Å². The van der Waals surface area contributed by atoms with Crippen molar-refractivity contribution < 1.29 is 55.1 Å². The van der Waals surface area contributed by atoms with Gasteiger partial charge in [0.05, 0.1) is 0 Å². The summed E-state index contributed by atoms with van der Waals surface area (Å²) in [6.07, 6.45) is 0. The van der Waals surface area contributed by atoms with Gasteiger partial charge in [0.25, 0.3) is 0 Å². The van der Waals surface area contributed by atoms with E-state index < -0.39 is 8.60 Å². The van der Waals surface area contributed by atoms with Gasteiger partial charge in [-0.05, 0) is 0 Å². The van der Waals surface area contributed by atoms with Crippen molar-refractivity contribution in [1.82, 2.24) is 0 Å². The van der Waals surface area contributed by atoms with Crippen LogP contribution in [-0.2, 0) is 0 Å². The van der Waals surface area contributed by atoms with Crippen molar-refractivity contribution in [2.45, 2.75) is 0 Å². The van der Waals surface area contributed by atoms with Gasteiger partial charge < -0.3 is 23.3 Å². The normalized spacial score (nSPS) is 7.20. The van der Waals surface area contributed by atoms with Gasteiger partial charge in [-0.15, -0.1) is 0 Å². The fourth-order valence-corrected chi connectivity index (χ4v) is 0. The Morgan fingerprint density at radius 3 is 1.00 bits per heavy atom. The number of hydrogen-bond acceptors (Lipinski definition) is 3. The van der Waals surface area contributed by atoms with Gasteiger partial charge in [0.15, 0.2) is 0 Å². The molecular weight excluding hydrogens is 224 g/mol. The van der Waals surface area contributed by atoms with E-state index in [-0.39, 0.29) is 40.4 Å². The van der Waals surface area contributed by atoms with Gasteiger partial charge in [0, 0.05) is 40.4 Å². The molecule has 0 spiro atoms. The first-order valence-electron chi connectivity index (χ1n) is 0.548. The van der Waals surface area contributed by atoms with Crippen LogP contribution in [0.4, 0.5) is 0 Å². The van der Waals surface area contributed by atoms with Crippen LogP contribution in [0.3, 0.4) is 0 Å². The van der Waals surface area contributed by atoms with Crippen molar-refractivity contribution >= 4 is 8.60 Å². The second kappa shape index (κ2) is 5.65. The summed E-state index contributed by atoms with van der Waals surface area (Å²) < 4.78 is 0. The zero-order chi connectivity index (χ0) is 3.58. The Hall–Kier alpha value is 1.65. The van der Waals surface area contributed by atoms with Crippen LogP contribution in [0.1, 0.15) is 0 Å². The third-order valence-corrected chi connectivity index (χ3v) is 0. The Morgan fingerprint density at radius 1 is 1.00 bits per heavy atom. The van der Waals surface area contributed by atoms with Gasteiger partial charge in [0.1, 0.15) is 0 Å². The van der Waals surface area contributed by atoms with Gasteiger partial charge in [-0.1, -0.05) is 0 Å². The van der Waals surface area contributed by atoms with E-state index >= 15 is 0 Å². The molecular formula is O3PPm-3. The van der Waals surface area contributed by atoms with Gasteiger partial charge in [-0.25, -0.2) is 0 Å². The maximum atomic E-state index is 8.48. The van der Waals surface area contributed by atoms with E-state index in [2.05, 4.69) is 0 Å². The van der Waals surface area contributed by atoms with Crippen LogP contribution in [0.25, 0.3) is 0 Å². The maximum Gasteiger partial charge on any atom is 0 e. The molecule has 0 fully saturated rings. The minimum atomic E-state index is -3.37. The Balaban J connectivity index is 0. The Labute approximate surface area is 63.1 Å². The summed E-state index contributed by atoms with van der Waals surface area (Å²) in [6.45, 7) is 0. The summed E-state index contributed by atoms with van der Waals surface area (Å²) in [5, 5.41) is 0. The molecule has 3 nitrogen and oxygen atoms in total. The first-order valence-corrected chi connectivity index (χ1v) is 1.64. The molecule has 5 heavy (non-hydrogen) atoms. The predicted octanol–water partition coefficient (Wildman–Crippen LogP) is -2.71. The molecule has 0 aliphatic rings. The molecule has 0 amide bonds. The summed E-state index contributed by atoms with van der Waals surface area (Å²) in [4.78, 5) is 25.4. The topological polar surface area (TPSA) is 69.2 Å². The van der Waals surface area contributed by atoms with Crippen molar-refractivity contribution in [3.63, 3.8) is 0 Å². The SMILES string of the molecule is [O-]P([O-])[O-].[Pm]. The fourth-order valence-electron chi connectivity index (χ4n) is 0. The number of rotatable bonds is 0. The first-order chi connectivity index (χ1) is 1.73. The van der Waals surface area contributed by atoms with Crippen LogP contribution in [0.5, 0.6) is 0 Å². The minimum absolute atomic E-state index is 0. The standard InChI is InChI=1S/O3P.Pm/c1-4(2)3;/q-3;. The molecule has 0 aliphatic heterocycles. The molecule has 0 saturated heterocycles. The van der Waals surface area contributed by atoms with Crippen molar-refractivity contribution in [2.24, 2.45) is 0 Å². The molecule has 0 unspecified atom stereocenters. The van der Waals surface area contributed by atoms with Gasteiger partial charge in [-0.3, -0.25) is 0 Å². The predicted molar refractivity (Wildman–Crippen MR) is 6.92 cm³/mol. The molecule has 0 N–H and O–H groups in total. The average molecular weight is 224 g/mol. The summed E-state index contributed by atoms with van der Waals surface area (Å²) in [5.41, 5.74) is 0. The van der Waals surface area contributed by atoms with E-state index in [4.69, 9.17) is 14.7 Å². The van der Waals surface area contributed by atoms with Crippen LogP contribution in [0.2, 0.25) is 0 Å². The zero-order valence-corrected chi connectivity index (χ0v) is 5.88. The van der Waals surface area contributed by atoms with E-state index in [1.54, 1.807) is 0 Å². The molecule has 0 heterocycles. The minimum Gasteiger partial charge on any atom is -0.854 e. The molecule has 0 rings (SSSR count). The molecule has 0 saturated carbocycles. The average Bonchev–Trinajstić information content (AvgIpc) is 0.811. The molecule has 0 aliphatic carbocycles. The van der Waals surface area contributed by atoms with E-state index in [9.17, 15) is 0 Å². The fraction of sp³-hybridized carbons (Fsp3) is 0. The second-order valence-electron chi connectivity index (χ2n) is 0.224. The van der Waals surface area contributed by atoms with E-state index in [1.807, 2.05) is 0 Å². The molecule has 0 bridgehead atoms. The molecule has 0 aromatic heterocycles. The largest absolute Gasteiger partial charge is 0.854 e. The zero-order valence-electron chi connectivity index (χ0n) is 2.12. The van der Waals surface area contributed by atoms with Gasteiger partial charge in [0.2, 0.25) is 0 Å². The van der Waals surface area contributed by atoms with E-state index in [1.165, 1.54) is 0 Å². The Bertz CT molecular complexity index is 11.6. The van der Waals surface area contributed by atoms with Crippen LogP contribution >= 0.6 is 8.60 Å². The van der Waals surface area contributed by atoms with Gasteiger partial charge >= 0.3 is 0 Å². The summed E-state index contributed by atoms with van der Waals surface area (Å²) in [6, 6.07) is 0. The van der Waals surface area contributed by atoms with Crippen LogP contribution in [0, 0.1) is 40.4 Å². The Morgan fingerprint density at radius 2 is 1.00 bits per heavy atom. The first kappa shape index (κ1) is 9.82. The van der Waals surface area contributed by atoms with Crippen molar-refractivity contribution in [3.8, 4) is 0 Å². The third-order valence-electron chi connectivity index (χ3n) is 0.